The third-order valence-electron chi connectivity index (χ3n) is 2.93. The lowest BCUT2D eigenvalue weighted by molar-refractivity contribution is 0.0730. The fraction of sp³-hybridized carbons (Fsp3) is 0. The van der Waals surface area contributed by atoms with Crippen LogP contribution in [0, 0.1) is 0 Å². The predicted molar refractivity (Wildman–Crippen MR) is 86.6 cm³/mol. The Morgan fingerprint density at radius 2 is 1.86 bits per heavy atom. The molecule has 0 N–H and O–H groups in total. The number of esters is 1. The van der Waals surface area contributed by atoms with E-state index in [4.69, 9.17) is 20.8 Å². The topological polar surface area (TPSA) is 56.5 Å². The van der Waals surface area contributed by atoms with Gasteiger partial charge in [-0.05, 0) is 30.3 Å². The Kier molecular flexibility index (Phi) is 4.00. The second kappa shape index (κ2) is 5.94. The highest BCUT2D eigenvalue weighted by atomic mass is 79.9. The van der Waals surface area contributed by atoms with Gasteiger partial charge in [-0.1, -0.05) is 45.7 Å². The molecule has 6 heteroatoms. The molecule has 0 saturated heterocycles. The molecule has 0 atom stereocenters. The smallest absolute Gasteiger partial charge is 0.351 e. The summed E-state index contributed by atoms with van der Waals surface area (Å²) in [4.78, 5) is 24.1. The van der Waals surface area contributed by atoms with Gasteiger partial charge < -0.3 is 9.15 Å². The average molecular weight is 380 g/mol. The van der Waals surface area contributed by atoms with Crippen LogP contribution >= 0.6 is 27.5 Å². The highest BCUT2D eigenvalue weighted by molar-refractivity contribution is 9.10. The molecule has 3 aromatic rings. The van der Waals surface area contributed by atoms with E-state index in [1.54, 1.807) is 42.5 Å². The van der Waals surface area contributed by atoms with Crippen molar-refractivity contribution in [2.45, 2.75) is 0 Å². The van der Waals surface area contributed by atoms with Crippen LogP contribution in [0.15, 0.2) is 62.2 Å². The van der Waals surface area contributed by atoms with E-state index in [-0.39, 0.29) is 16.2 Å². The normalized spacial score (nSPS) is 10.6. The molecule has 0 saturated carbocycles. The maximum Gasteiger partial charge on any atom is 0.351 e. The number of hydrogen-bond acceptors (Lipinski definition) is 4. The minimum absolute atomic E-state index is 0.189. The van der Waals surface area contributed by atoms with Gasteiger partial charge in [-0.25, -0.2) is 9.59 Å². The molecule has 0 spiro atoms. The molecule has 2 aromatic carbocycles. The summed E-state index contributed by atoms with van der Waals surface area (Å²) in [5.74, 6) is -0.433. The number of para-hydroxylation sites is 1. The second-order valence-electron chi connectivity index (χ2n) is 4.46. The maximum absolute atomic E-state index is 12.1. The fourth-order valence-electron chi connectivity index (χ4n) is 1.95. The molecule has 22 heavy (non-hydrogen) atoms. The number of carbonyl (C=O) groups is 1. The van der Waals surface area contributed by atoms with E-state index in [0.717, 1.165) is 0 Å². The summed E-state index contributed by atoms with van der Waals surface area (Å²) in [6, 6.07) is 13.2. The van der Waals surface area contributed by atoms with Crippen LogP contribution in [0.5, 0.6) is 5.75 Å². The number of rotatable bonds is 2. The molecular weight excluding hydrogens is 372 g/mol. The van der Waals surface area contributed by atoms with Gasteiger partial charge in [0.15, 0.2) is 5.58 Å². The van der Waals surface area contributed by atoms with Crippen molar-refractivity contribution in [1.82, 2.24) is 0 Å². The van der Waals surface area contributed by atoms with Gasteiger partial charge >= 0.3 is 11.6 Å². The van der Waals surface area contributed by atoms with Gasteiger partial charge in [0.1, 0.15) is 11.3 Å². The van der Waals surface area contributed by atoms with Crippen LogP contribution in [0.25, 0.3) is 11.0 Å². The lowest BCUT2D eigenvalue weighted by Crippen LogP contribution is -2.18. The van der Waals surface area contributed by atoms with Crippen molar-refractivity contribution in [2.75, 3.05) is 0 Å². The summed E-state index contributed by atoms with van der Waals surface area (Å²) in [5.41, 5.74) is -0.755. The van der Waals surface area contributed by atoms with Crippen molar-refractivity contribution in [2.24, 2.45) is 0 Å². The Balaban J connectivity index is 2.05. The van der Waals surface area contributed by atoms with E-state index in [2.05, 4.69) is 15.9 Å². The fourth-order valence-corrected chi connectivity index (χ4v) is 2.82. The van der Waals surface area contributed by atoms with E-state index in [9.17, 15) is 9.59 Å². The molecule has 0 aliphatic rings. The summed E-state index contributed by atoms with van der Waals surface area (Å²) in [5, 5.41) is 0.809. The molecule has 3 rings (SSSR count). The molecule has 0 unspecified atom stereocenters. The molecule has 4 nitrogen and oxygen atoms in total. The van der Waals surface area contributed by atoms with E-state index in [0.29, 0.717) is 15.6 Å². The first kappa shape index (κ1) is 14.8. The van der Waals surface area contributed by atoms with Gasteiger partial charge in [0.05, 0.1) is 5.02 Å². The molecule has 0 radical (unpaired) electrons. The van der Waals surface area contributed by atoms with Gasteiger partial charge in [-0.2, -0.15) is 0 Å². The Morgan fingerprint density at radius 1 is 1.14 bits per heavy atom. The predicted octanol–water partition coefficient (Wildman–Crippen LogP) is 4.43. The van der Waals surface area contributed by atoms with Crippen molar-refractivity contribution in [3.63, 3.8) is 0 Å². The largest absolute Gasteiger partial charge is 0.423 e. The van der Waals surface area contributed by atoms with Gasteiger partial charge in [0, 0.05) is 9.86 Å². The molecule has 0 bridgehead atoms. The van der Waals surface area contributed by atoms with Gasteiger partial charge in [-0.3, -0.25) is 0 Å². The molecule has 1 heterocycles. The average Bonchev–Trinajstić information content (AvgIpc) is 2.48. The third kappa shape index (κ3) is 2.91. The monoisotopic (exact) mass is 378 g/mol. The SMILES string of the molecule is O=C(Oc1ccccc1)c1cc2cc(Br)cc(Cl)c2oc1=O. The second-order valence-corrected chi connectivity index (χ2v) is 5.78. The Hall–Kier alpha value is -2.11. The lowest BCUT2D eigenvalue weighted by atomic mass is 10.2. The van der Waals surface area contributed by atoms with Crippen LogP contribution in [0.1, 0.15) is 10.4 Å². The van der Waals surface area contributed by atoms with Crippen molar-refractivity contribution in [3.05, 3.63) is 74.0 Å². The van der Waals surface area contributed by atoms with Crippen LogP contribution in [0.3, 0.4) is 0 Å². The summed E-state index contributed by atoms with van der Waals surface area (Å²) in [7, 11) is 0. The number of fused-ring (bicyclic) bond motifs is 1. The number of benzene rings is 2. The molecule has 1 aromatic heterocycles. The summed E-state index contributed by atoms with van der Waals surface area (Å²) in [6.45, 7) is 0. The quantitative estimate of drug-likeness (QED) is 0.375. The van der Waals surface area contributed by atoms with Gasteiger partial charge in [-0.15, -0.1) is 0 Å². The van der Waals surface area contributed by atoms with Crippen molar-refractivity contribution in [3.8, 4) is 5.75 Å². The third-order valence-corrected chi connectivity index (χ3v) is 3.66. The molecule has 0 fully saturated rings. The number of carbonyl (C=O) groups excluding carboxylic acids is 1. The minimum Gasteiger partial charge on any atom is -0.423 e. The molecule has 0 aliphatic heterocycles. The maximum atomic E-state index is 12.1. The summed E-state index contributed by atoms with van der Waals surface area (Å²) in [6.07, 6.45) is 0. The number of ether oxygens (including phenoxy) is 1. The van der Waals surface area contributed by atoms with Crippen LogP contribution in [0.4, 0.5) is 0 Å². The first-order valence-corrected chi connectivity index (χ1v) is 7.42. The number of hydrogen-bond donors (Lipinski definition) is 0. The lowest BCUT2D eigenvalue weighted by Gasteiger charge is -2.05. The standard InChI is InChI=1S/C16H8BrClO4/c17-10-6-9-7-12(16(20)22-14(9)13(18)8-10)15(19)21-11-4-2-1-3-5-11/h1-8H. The van der Waals surface area contributed by atoms with Crippen molar-refractivity contribution in [1.29, 1.82) is 0 Å². The Bertz CT molecular complexity index is 919. The van der Waals surface area contributed by atoms with Crippen LogP contribution in [-0.4, -0.2) is 5.97 Å². The van der Waals surface area contributed by atoms with Gasteiger partial charge in [0.2, 0.25) is 0 Å². The van der Waals surface area contributed by atoms with Crippen LogP contribution in [-0.2, 0) is 0 Å². The zero-order chi connectivity index (χ0) is 15.7. The minimum atomic E-state index is -0.794. The highest BCUT2D eigenvalue weighted by Crippen LogP contribution is 2.27. The van der Waals surface area contributed by atoms with E-state index >= 15 is 0 Å². The molecule has 0 amide bonds. The molecule has 110 valence electrons. The molecule has 0 aliphatic carbocycles. The Morgan fingerprint density at radius 3 is 2.59 bits per heavy atom. The first-order chi connectivity index (χ1) is 10.5. The number of halogens is 2. The molecular formula is C16H8BrClO4. The Labute approximate surface area is 138 Å². The van der Waals surface area contributed by atoms with Crippen molar-refractivity contribution >= 4 is 44.5 Å². The zero-order valence-electron chi connectivity index (χ0n) is 11.0. The summed E-state index contributed by atoms with van der Waals surface area (Å²) >= 11 is 9.31. The van der Waals surface area contributed by atoms with E-state index in [1.807, 2.05) is 0 Å². The van der Waals surface area contributed by atoms with Gasteiger partial charge in [0.25, 0.3) is 0 Å². The summed E-state index contributed by atoms with van der Waals surface area (Å²) < 4.78 is 11.0. The highest BCUT2D eigenvalue weighted by Gasteiger charge is 2.17. The van der Waals surface area contributed by atoms with Crippen LogP contribution in [0.2, 0.25) is 5.02 Å². The van der Waals surface area contributed by atoms with E-state index < -0.39 is 11.6 Å². The van der Waals surface area contributed by atoms with Crippen molar-refractivity contribution < 1.29 is 13.9 Å². The van der Waals surface area contributed by atoms with Crippen LogP contribution < -0.4 is 10.4 Å². The zero-order valence-corrected chi connectivity index (χ0v) is 13.3. The first-order valence-electron chi connectivity index (χ1n) is 6.25. The van der Waals surface area contributed by atoms with E-state index in [1.165, 1.54) is 6.07 Å².